The Morgan fingerprint density at radius 1 is 1.35 bits per heavy atom. The minimum absolute atomic E-state index is 0.0254. The van der Waals surface area contributed by atoms with Crippen molar-refractivity contribution in [2.75, 3.05) is 19.6 Å². The molecule has 0 aliphatic carbocycles. The standard InChI is InChI=1S/C13H24N2O2/c1-3-6-11(7-4-2)13(17)15-9-5-8-14-12(16)10-15/h11H,3-10H2,1-2H3,(H,14,16). The lowest BCUT2D eigenvalue weighted by atomic mass is 9.96. The molecule has 1 heterocycles. The van der Waals surface area contributed by atoms with E-state index in [9.17, 15) is 9.59 Å². The molecule has 0 unspecified atom stereocenters. The molecule has 0 aromatic rings. The molecule has 17 heavy (non-hydrogen) atoms. The van der Waals surface area contributed by atoms with Crippen LogP contribution in [-0.4, -0.2) is 36.3 Å². The maximum atomic E-state index is 12.3. The molecule has 0 spiro atoms. The van der Waals surface area contributed by atoms with Crippen LogP contribution in [0.1, 0.15) is 46.0 Å². The largest absolute Gasteiger partial charge is 0.354 e. The second kappa shape index (κ2) is 7.30. The first-order valence-electron chi connectivity index (χ1n) is 6.74. The lowest BCUT2D eigenvalue weighted by Crippen LogP contribution is -2.40. The van der Waals surface area contributed by atoms with Crippen molar-refractivity contribution in [3.05, 3.63) is 0 Å². The lowest BCUT2D eigenvalue weighted by molar-refractivity contribution is -0.139. The Bertz CT molecular complexity index is 260. The third kappa shape index (κ3) is 4.36. The van der Waals surface area contributed by atoms with Crippen LogP contribution in [0.25, 0.3) is 0 Å². The van der Waals surface area contributed by atoms with Gasteiger partial charge in [0.1, 0.15) is 0 Å². The van der Waals surface area contributed by atoms with Gasteiger partial charge in [-0.2, -0.15) is 0 Å². The number of rotatable bonds is 5. The zero-order valence-electron chi connectivity index (χ0n) is 11.0. The molecule has 0 radical (unpaired) electrons. The second-order valence-corrected chi connectivity index (χ2v) is 4.74. The molecule has 1 aliphatic heterocycles. The second-order valence-electron chi connectivity index (χ2n) is 4.74. The molecule has 0 bridgehead atoms. The van der Waals surface area contributed by atoms with Crippen molar-refractivity contribution in [1.82, 2.24) is 10.2 Å². The number of carbonyl (C=O) groups excluding carboxylic acids is 2. The molecule has 1 N–H and O–H groups in total. The summed E-state index contributed by atoms with van der Waals surface area (Å²) in [5.41, 5.74) is 0. The predicted molar refractivity (Wildman–Crippen MR) is 67.5 cm³/mol. The van der Waals surface area contributed by atoms with Crippen LogP contribution in [0.4, 0.5) is 0 Å². The van der Waals surface area contributed by atoms with Crippen LogP contribution >= 0.6 is 0 Å². The molecule has 4 nitrogen and oxygen atoms in total. The van der Waals surface area contributed by atoms with Crippen molar-refractivity contribution < 1.29 is 9.59 Å². The van der Waals surface area contributed by atoms with Crippen LogP contribution in [0, 0.1) is 5.92 Å². The van der Waals surface area contributed by atoms with E-state index in [1.165, 1.54) is 0 Å². The van der Waals surface area contributed by atoms with Gasteiger partial charge in [-0.05, 0) is 19.3 Å². The fourth-order valence-corrected chi connectivity index (χ4v) is 2.34. The SMILES string of the molecule is CCCC(CCC)C(=O)N1CCCNC(=O)C1. The fraction of sp³-hybridized carbons (Fsp3) is 0.846. The summed E-state index contributed by atoms with van der Waals surface area (Å²) in [6.07, 6.45) is 4.78. The molecule has 1 aliphatic rings. The molecular formula is C13H24N2O2. The average molecular weight is 240 g/mol. The van der Waals surface area contributed by atoms with E-state index >= 15 is 0 Å². The molecule has 1 rings (SSSR count). The minimum atomic E-state index is -0.0254. The summed E-state index contributed by atoms with van der Waals surface area (Å²) < 4.78 is 0. The number of nitrogens with one attached hydrogen (secondary N) is 1. The summed E-state index contributed by atoms with van der Waals surface area (Å²) in [5.74, 6) is 0.254. The van der Waals surface area contributed by atoms with Crippen molar-refractivity contribution >= 4 is 11.8 Å². The van der Waals surface area contributed by atoms with E-state index < -0.39 is 0 Å². The Labute approximate surface area is 104 Å². The van der Waals surface area contributed by atoms with E-state index in [0.717, 1.165) is 32.1 Å². The number of hydrogen-bond acceptors (Lipinski definition) is 2. The maximum Gasteiger partial charge on any atom is 0.239 e. The van der Waals surface area contributed by atoms with Crippen LogP contribution in [0.2, 0.25) is 0 Å². The highest BCUT2D eigenvalue weighted by atomic mass is 16.2. The van der Waals surface area contributed by atoms with E-state index in [1.807, 2.05) is 0 Å². The van der Waals surface area contributed by atoms with E-state index in [1.54, 1.807) is 4.90 Å². The van der Waals surface area contributed by atoms with Crippen molar-refractivity contribution in [3.63, 3.8) is 0 Å². The third-order valence-electron chi connectivity index (χ3n) is 3.20. The van der Waals surface area contributed by atoms with Gasteiger partial charge in [0.05, 0.1) is 6.54 Å². The normalized spacial score (nSPS) is 16.9. The molecule has 1 saturated heterocycles. The van der Waals surface area contributed by atoms with Gasteiger partial charge in [0.25, 0.3) is 0 Å². The van der Waals surface area contributed by atoms with Crippen LogP contribution < -0.4 is 5.32 Å². The molecular weight excluding hydrogens is 216 g/mol. The monoisotopic (exact) mass is 240 g/mol. The van der Waals surface area contributed by atoms with E-state index in [0.29, 0.717) is 13.1 Å². The van der Waals surface area contributed by atoms with Gasteiger partial charge in [0, 0.05) is 19.0 Å². The summed E-state index contributed by atoms with van der Waals surface area (Å²) in [6.45, 7) is 5.84. The number of hydrogen-bond donors (Lipinski definition) is 1. The van der Waals surface area contributed by atoms with Gasteiger partial charge in [0.2, 0.25) is 11.8 Å². The minimum Gasteiger partial charge on any atom is -0.354 e. The van der Waals surface area contributed by atoms with Crippen molar-refractivity contribution in [1.29, 1.82) is 0 Å². The smallest absolute Gasteiger partial charge is 0.239 e. The van der Waals surface area contributed by atoms with Gasteiger partial charge in [-0.15, -0.1) is 0 Å². The quantitative estimate of drug-likeness (QED) is 0.792. The van der Waals surface area contributed by atoms with Crippen LogP contribution in [0.3, 0.4) is 0 Å². The van der Waals surface area contributed by atoms with Gasteiger partial charge in [-0.1, -0.05) is 26.7 Å². The third-order valence-corrected chi connectivity index (χ3v) is 3.20. The highest BCUT2D eigenvalue weighted by Gasteiger charge is 2.25. The van der Waals surface area contributed by atoms with Crippen LogP contribution in [-0.2, 0) is 9.59 Å². The Balaban J connectivity index is 2.60. The predicted octanol–water partition coefficient (Wildman–Crippen LogP) is 1.55. The molecule has 0 saturated carbocycles. The molecule has 98 valence electrons. The molecule has 0 aromatic carbocycles. The Hall–Kier alpha value is -1.06. The number of carbonyl (C=O) groups is 2. The van der Waals surface area contributed by atoms with E-state index in [2.05, 4.69) is 19.2 Å². The fourth-order valence-electron chi connectivity index (χ4n) is 2.34. The van der Waals surface area contributed by atoms with Gasteiger partial charge in [0.15, 0.2) is 0 Å². The zero-order valence-corrected chi connectivity index (χ0v) is 11.0. The Morgan fingerprint density at radius 3 is 2.59 bits per heavy atom. The molecule has 0 atom stereocenters. The summed E-state index contributed by atoms with van der Waals surface area (Å²) in [7, 11) is 0. The van der Waals surface area contributed by atoms with Crippen LogP contribution in [0.5, 0.6) is 0 Å². The van der Waals surface area contributed by atoms with Gasteiger partial charge in [-0.25, -0.2) is 0 Å². The van der Waals surface area contributed by atoms with Gasteiger partial charge >= 0.3 is 0 Å². The highest BCUT2D eigenvalue weighted by Crippen LogP contribution is 2.17. The Kier molecular flexibility index (Phi) is 6.01. The number of nitrogens with zero attached hydrogens (tertiary/aromatic N) is 1. The zero-order chi connectivity index (χ0) is 12.7. The first-order chi connectivity index (χ1) is 8.19. The van der Waals surface area contributed by atoms with Gasteiger partial charge in [-0.3, -0.25) is 9.59 Å². The summed E-state index contributed by atoms with van der Waals surface area (Å²) in [5, 5.41) is 2.80. The average Bonchev–Trinajstić information content (AvgIpc) is 2.53. The van der Waals surface area contributed by atoms with Crippen molar-refractivity contribution in [3.8, 4) is 0 Å². The molecule has 0 aromatic heterocycles. The van der Waals surface area contributed by atoms with Crippen molar-refractivity contribution in [2.45, 2.75) is 46.0 Å². The Morgan fingerprint density at radius 2 is 2.00 bits per heavy atom. The summed E-state index contributed by atoms with van der Waals surface area (Å²) in [6, 6.07) is 0. The lowest BCUT2D eigenvalue weighted by Gasteiger charge is -2.24. The maximum absolute atomic E-state index is 12.3. The van der Waals surface area contributed by atoms with Crippen molar-refractivity contribution in [2.24, 2.45) is 5.92 Å². The molecule has 2 amide bonds. The topological polar surface area (TPSA) is 49.4 Å². The summed E-state index contributed by atoms with van der Waals surface area (Å²) >= 11 is 0. The molecule has 1 fully saturated rings. The number of amides is 2. The van der Waals surface area contributed by atoms with Crippen LogP contribution in [0.15, 0.2) is 0 Å². The summed E-state index contributed by atoms with van der Waals surface area (Å²) in [4.78, 5) is 25.5. The van der Waals surface area contributed by atoms with E-state index in [-0.39, 0.29) is 24.3 Å². The highest BCUT2D eigenvalue weighted by molar-refractivity contribution is 5.86. The first kappa shape index (κ1) is 14.0. The van der Waals surface area contributed by atoms with E-state index in [4.69, 9.17) is 0 Å². The molecule has 4 heteroatoms. The first-order valence-corrected chi connectivity index (χ1v) is 6.74. The van der Waals surface area contributed by atoms with Gasteiger partial charge < -0.3 is 10.2 Å².